The summed E-state index contributed by atoms with van der Waals surface area (Å²) in [6.45, 7) is 3.64. The van der Waals surface area contributed by atoms with Crippen LogP contribution in [0.25, 0.3) is 0 Å². The third-order valence-electron chi connectivity index (χ3n) is 4.86. The highest BCUT2D eigenvalue weighted by Crippen LogP contribution is 2.21. The number of carbonyl (C=O) groups is 1. The van der Waals surface area contributed by atoms with Gasteiger partial charge in [0.05, 0.1) is 4.90 Å². The molecule has 0 saturated carbocycles. The smallest absolute Gasteiger partial charge is 0.255 e. The van der Waals surface area contributed by atoms with Gasteiger partial charge in [0, 0.05) is 17.3 Å². The minimum absolute atomic E-state index is 0.185. The fraction of sp³-hybridized carbons (Fsp3) is 0.208. The molecule has 0 aliphatic heterocycles. The molecule has 0 heterocycles. The lowest BCUT2D eigenvalue weighted by Gasteiger charge is -2.16. The first-order chi connectivity index (χ1) is 14.3. The van der Waals surface area contributed by atoms with E-state index in [1.54, 1.807) is 43.3 Å². The molecule has 0 fully saturated rings. The van der Waals surface area contributed by atoms with Crippen LogP contribution in [0.3, 0.4) is 0 Å². The molecule has 30 heavy (non-hydrogen) atoms. The fourth-order valence-electron chi connectivity index (χ4n) is 3.15. The largest absolute Gasteiger partial charge is 0.322 e. The summed E-state index contributed by atoms with van der Waals surface area (Å²) in [4.78, 5) is 12.5. The Hall–Kier alpha value is -2.96. The van der Waals surface area contributed by atoms with Gasteiger partial charge in [-0.3, -0.25) is 4.79 Å². The van der Waals surface area contributed by atoms with Gasteiger partial charge < -0.3 is 5.32 Å². The molecular formula is C24H26N2O3S. The quantitative estimate of drug-likeness (QED) is 0.559. The molecule has 2 N–H and O–H groups in total. The van der Waals surface area contributed by atoms with Gasteiger partial charge in [-0.1, -0.05) is 48.5 Å². The van der Waals surface area contributed by atoms with Gasteiger partial charge in [0.2, 0.25) is 10.0 Å². The standard InChI is InChI=1S/C24H26N2O3S/c1-18-17-22(15-16-23(18)25-24(27)21-11-7-4-8-12-21)30(28,29)26-19(2)13-14-20-9-5-3-6-10-20/h3-12,15-17,19,26H,13-14H2,1-2H3,(H,25,27)/t19-/m1/s1. The average molecular weight is 423 g/mol. The lowest BCUT2D eigenvalue weighted by Crippen LogP contribution is -2.33. The molecule has 0 bridgehead atoms. The minimum Gasteiger partial charge on any atom is -0.322 e. The van der Waals surface area contributed by atoms with E-state index in [4.69, 9.17) is 0 Å². The Bertz CT molecular complexity index is 1100. The molecule has 0 spiro atoms. The van der Waals surface area contributed by atoms with Crippen molar-refractivity contribution in [3.63, 3.8) is 0 Å². The molecular weight excluding hydrogens is 396 g/mol. The van der Waals surface area contributed by atoms with Gasteiger partial charge in [0.25, 0.3) is 5.91 Å². The van der Waals surface area contributed by atoms with E-state index >= 15 is 0 Å². The van der Waals surface area contributed by atoms with Gasteiger partial charge in [-0.25, -0.2) is 13.1 Å². The molecule has 0 unspecified atom stereocenters. The number of sulfonamides is 1. The van der Waals surface area contributed by atoms with Crippen LogP contribution in [-0.2, 0) is 16.4 Å². The molecule has 0 aliphatic carbocycles. The third kappa shape index (κ3) is 5.78. The Morgan fingerprint density at radius 2 is 1.57 bits per heavy atom. The van der Waals surface area contributed by atoms with Gasteiger partial charge in [-0.15, -0.1) is 0 Å². The first-order valence-electron chi connectivity index (χ1n) is 9.88. The number of amides is 1. The first-order valence-corrected chi connectivity index (χ1v) is 11.4. The minimum atomic E-state index is -3.65. The number of benzene rings is 3. The number of anilines is 1. The second kappa shape index (κ2) is 9.69. The second-order valence-corrected chi connectivity index (χ2v) is 9.06. The summed E-state index contributed by atoms with van der Waals surface area (Å²) in [7, 11) is -3.65. The molecule has 6 heteroatoms. The van der Waals surface area contributed by atoms with Gasteiger partial charge in [-0.2, -0.15) is 0 Å². The van der Waals surface area contributed by atoms with E-state index in [-0.39, 0.29) is 16.8 Å². The fourth-order valence-corrected chi connectivity index (χ4v) is 4.51. The van der Waals surface area contributed by atoms with E-state index in [0.29, 0.717) is 23.2 Å². The van der Waals surface area contributed by atoms with Crippen LogP contribution in [0.5, 0.6) is 0 Å². The molecule has 0 radical (unpaired) electrons. The van der Waals surface area contributed by atoms with E-state index in [0.717, 1.165) is 6.42 Å². The zero-order valence-corrected chi connectivity index (χ0v) is 17.9. The molecule has 5 nitrogen and oxygen atoms in total. The van der Waals surface area contributed by atoms with Gasteiger partial charge >= 0.3 is 0 Å². The van der Waals surface area contributed by atoms with Crippen LogP contribution < -0.4 is 10.0 Å². The second-order valence-electron chi connectivity index (χ2n) is 7.34. The van der Waals surface area contributed by atoms with Gasteiger partial charge in [0.1, 0.15) is 0 Å². The maximum Gasteiger partial charge on any atom is 0.255 e. The maximum atomic E-state index is 12.8. The van der Waals surface area contributed by atoms with E-state index in [1.807, 2.05) is 43.3 Å². The summed E-state index contributed by atoms with van der Waals surface area (Å²) >= 11 is 0. The maximum absolute atomic E-state index is 12.8. The van der Waals surface area contributed by atoms with E-state index in [9.17, 15) is 13.2 Å². The van der Waals surface area contributed by atoms with Crippen molar-refractivity contribution < 1.29 is 13.2 Å². The van der Waals surface area contributed by atoms with E-state index in [1.165, 1.54) is 11.6 Å². The summed E-state index contributed by atoms with van der Waals surface area (Å²) in [6, 6.07) is 23.4. The average Bonchev–Trinajstić information content (AvgIpc) is 2.74. The molecule has 3 rings (SSSR count). The lowest BCUT2D eigenvalue weighted by molar-refractivity contribution is 0.102. The molecule has 1 atom stereocenters. The van der Waals surface area contributed by atoms with Crippen LogP contribution in [0.4, 0.5) is 5.69 Å². The Kier molecular flexibility index (Phi) is 7.03. The molecule has 0 aromatic heterocycles. The highest BCUT2D eigenvalue weighted by molar-refractivity contribution is 7.89. The summed E-state index contributed by atoms with van der Waals surface area (Å²) < 4.78 is 28.3. The Morgan fingerprint density at radius 3 is 2.20 bits per heavy atom. The van der Waals surface area contributed by atoms with Crippen LogP contribution in [0.1, 0.15) is 34.8 Å². The number of aryl methyl sites for hydroxylation is 2. The van der Waals surface area contributed by atoms with Crippen molar-refractivity contribution in [1.29, 1.82) is 0 Å². The Labute approximate surface area is 178 Å². The van der Waals surface area contributed by atoms with Crippen molar-refractivity contribution in [2.45, 2.75) is 37.6 Å². The number of nitrogens with one attached hydrogen (secondary N) is 2. The topological polar surface area (TPSA) is 75.3 Å². The van der Waals surface area contributed by atoms with Crippen LogP contribution in [0.2, 0.25) is 0 Å². The predicted molar refractivity (Wildman–Crippen MR) is 120 cm³/mol. The zero-order chi connectivity index (χ0) is 21.6. The van der Waals surface area contributed by atoms with Crippen LogP contribution >= 0.6 is 0 Å². The van der Waals surface area contributed by atoms with Gasteiger partial charge in [0.15, 0.2) is 0 Å². The number of hydrogen-bond donors (Lipinski definition) is 2. The van der Waals surface area contributed by atoms with Crippen molar-refractivity contribution in [3.8, 4) is 0 Å². The monoisotopic (exact) mass is 422 g/mol. The van der Waals surface area contributed by atoms with Crippen LogP contribution in [0, 0.1) is 6.92 Å². The number of carbonyl (C=O) groups excluding carboxylic acids is 1. The first kappa shape index (κ1) is 21.7. The number of rotatable bonds is 8. The van der Waals surface area contributed by atoms with Crippen molar-refractivity contribution in [1.82, 2.24) is 4.72 Å². The van der Waals surface area contributed by atoms with Crippen LogP contribution in [-0.4, -0.2) is 20.4 Å². The van der Waals surface area contributed by atoms with Crippen molar-refractivity contribution >= 4 is 21.6 Å². The Balaban J connectivity index is 1.64. The zero-order valence-electron chi connectivity index (χ0n) is 17.1. The SMILES string of the molecule is Cc1cc(S(=O)(=O)N[C@H](C)CCc2ccccc2)ccc1NC(=O)c1ccccc1. The molecule has 0 aliphatic rings. The summed E-state index contributed by atoms with van der Waals surface area (Å²) in [6.07, 6.45) is 1.50. The molecule has 3 aromatic rings. The lowest BCUT2D eigenvalue weighted by atomic mass is 10.1. The molecule has 1 amide bonds. The Morgan fingerprint density at radius 1 is 0.933 bits per heavy atom. The number of hydrogen-bond acceptors (Lipinski definition) is 3. The third-order valence-corrected chi connectivity index (χ3v) is 6.44. The molecule has 0 saturated heterocycles. The summed E-state index contributed by atoms with van der Waals surface area (Å²) in [5, 5.41) is 2.83. The predicted octanol–water partition coefficient (Wildman–Crippen LogP) is 4.55. The van der Waals surface area contributed by atoms with Crippen LogP contribution in [0.15, 0.2) is 83.8 Å². The van der Waals surface area contributed by atoms with E-state index in [2.05, 4.69) is 10.0 Å². The summed E-state index contributed by atoms with van der Waals surface area (Å²) in [5.74, 6) is -0.234. The highest BCUT2D eigenvalue weighted by Gasteiger charge is 2.18. The molecule has 3 aromatic carbocycles. The van der Waals surface area contributed by atoms with E-state index < -0.39 is 10.0 Å². The summed E-state index contributed by atoms with van der Waals surface area (Å²) in [5.41, 5.74) is 2.99. The van der Waals surface area contributed by atoms with Crippen molar-refractivity contribution in [3.05, 3.63) is 95.6 Å². The molecule has 156 valence electrons. The van der Waals surface area contributed by atoms with Crippen molar-refractivity contribution in [2.75, 3.05) is 5.32 Å². The normalized spacial score (nSPS) is 12.3. The van der Waals surface area contributed by atoms with Gasteiger partial charge in [-0.05, 0) is 68.1 Å². The highest BCUT2D eigenvalue weighted by atomic mass is 32.2. The van der Waals surface area contributed by atoms with Crippen molar-refractivity contribution in [2.24, 2.45) is 0 Å².